The number of amides is 2. The average molecular weight is 274 g/mol. The van der Waals surface area contributed by atoms with Crippen molar-refractivity contribution >= 4 is 23.8 Å². The Balaban J connectivity index is 0. The van der Waals surface area contributed by atoms with Crippen molar-refractivity contribution in [2.75, 3.05) is 0 Å². The van der Waals surface area contributed by atoms with Crippen molar-refractivity contribution in [2.24, 2.45) is 11.7 Å². The van der Waals surface area contributed by atoms with Crippen molar-refractivity contribution in [3.05, 3.63) is 24.3 Å². The van der Waals surface area contributed by atoms with E-state index in [2.05, 4.69) is 18.3 Å². The lowest BCUT2D eigenvalue weighted by Gasteiger charge is -1.91. The molecule has 0 aromatic carbocycles. The number of carbonyl (C=O) groups is 4. The summed E-state index contributed by atoms with van der Waals surface area (Å²) in [5.74, 6) is 5.80. The maximum Gasteiger partial charge on any atom is 0.331 e. The molecule has 0 saturated heterocycles. The van der Waals surface area contributed by atoms with E-state index in [1.54, 1.807) is 10.9 Å². The first kappa shape index (κ1) is 18.6. The highest BCUT2D eigenvalue weighted by molar-refractivity contribution is 5.96. The van der Waals surface area contributed by atoms with Crippen molar-refractivity contribution in [2.45, 2.75) is 6.42 Å². The summed E-state index contributed by atoms with van der Waals surface area (Å²) < 4.78 is 0. The van der Waals surface area contributed by atoms with E-state index in [-0.39, 0.29) is 5.57 Å². The Bertz CT molecular complexity index is 386. The molecule has 19 heavy (non-hydrogen) atoms. The van der Waals surface area contributed by atoms with Gasteiger partial charge in [-0.05, 0) is 0 Å². The minimum Gasteiger partial charge on any atom is -0.481 e. The molecule has 0 rings (SSSR count). The van der Waals surface area contributed by atoms with E-state index in [0.717, 1.165) is 12.2 Å². The molecule has 0 aromatic rings. The predicted octanol–water partition coefficient (Wildman–Crippen LogP) is -2.38. The van der Waals surface area contributed by atoms with Crippen LogP contribution >= 0.6 is 0 Å². The highest BCUT2D eigenvalue weighted by atomic mass is 16.4. The molecule has 0 saturated carbocycles. The summed E-state index contributed by atoms with van der Waals surface area (Å²) in [6.45, 7) is 3.01. The first-order chi connectivity index (χ1) is 8.74. The molecule has 0 atom stereocenters. The first-order valence-electron chi connectivity index (χ1n) is 4.56. The van der Waals surface area contributed by atoms with Crippen LogP contribution in [0, 0.1) is 0 Å². The smallest absolute Gasteiger partial charge is 0.331 e. The summed E-state index contributed by atoms with van der Waals surface area (Å²) >= 11 is 0. The van der Waals surface area contributed by atoms with Gasteiger partial charge in [0.2, 0.25) is 0 Å². The zero-order valence-electron chi connectivity index (χ0n) is 9.75. The van der Waals surface area contributed by atoms with E-state index in [4.69, 9.17) is 10.2 Å². The van der Waals surface area contributed by atoms with E-state index >= 15 is 0 Å². The third-order valence-corrected chi connectivity index (χ3v) is 1.34. The van der Waals surface area contributed by atoms with Crippen LogP contribution in [0.4, 0.5) is 0 Å². The van der Waals surface area contributed by atoms with Gasteiger partial charge < -0.3 is 10.2 Å². The SMILES string of the molecule is C=C(CC(=O)O)C(=O)O.NNC(=O)/C=C/C(=O)NN. The molecule has 2 amide bonds. The molecule has 106 valence electrons. The van der Waals surface area contributed by atoms with Crippen LogP contribution in [0.1, 0.15) is 6.42 Å². The molecule has 0 heterocycles. The lowest BCUT2D eigenvalue weighted by molar-refractivity contribution is -0.139. The topological polar surface area (TPSA) is 185 Å². The van der Waals surface area contributed by atoms with Crippen LogP contribution in [0.25, 0.3) is 0 Å². The van der Waals surface area contributed by atoms with E-state index in [1.807, 2.05) is 0 Å². The second-order valence-electron chi connectivity index (χ2n) is 2.83. The second kappa shape index (κ2) is 10.4. The largest absolute Gasteiger partial charge is 0.481 e. The highest BCUT2D eigenvalue weighted by Crippen LogP contribution is 1.95. The number of carbonyl (C=O) groups excluding carboxylic acids is 2. The molecule has 0 unspecified atom stereocenters. The first-order valence-corrected chi connectivity index (χ1v) is 4.56. The van der Waals surface area contributed by atoms with Gasteiger partial charge in [0.1, 0.15) is 0 Å². The number of hydrogen-bond donors (Lipinski definition) is 6. The number of nitrogens with two attached hydrogens (primary N) is 2. The van der Waals surface area contributed by atoms with E-state index < -0.39 is 30.2 Å². The van der Waals surface area contributed by atoms with Gasteiger partial charge in [0.05, 0.1) is 6.42 Å². The van der Waals surface area contributed by atoms with Gasteiger partial charge in [-0.1, -0.05) is 6.58 Å². The lowest BCUT2D eigenvalue weighted by Crippen LogP contribution is -2.30. The van der Waals surface area contributed by atoms with Crippen LogP contribution in [-0.2, 0) is 19.2 Å². The maximum absolute atomic E-state index is 10.3. The van der Waals surface area contributed by atoms with Gasteiger partial charge in [-0.3, -0.25) is 25.2 Å². The van der Waals surface area contributed by atoms with Gasteiger partial charge in [-0.2, -0.15) is 0 Å². The predicted molar refractivity (Wildman–Crippen MR) is 62.8 cm³/mol. The standard InChI is InChI=1S/C5H6O4.C4H8N4O2/c1-3(5(8)9)2-4(6)7;5-7-3(9)1-2-4(10)8-6/h1-2H2,(H,6,7)(H,8,9);1-2H,5-6H2,(H,7,9)(H,8,10)/b;2-1+. The minimum absolute atomic E-state index is 0.303. The number of nitrogens with one attached hydrogen (secondary N) is 2. The van der Waals surface area contributed by atoms with Gasteiger partial charge in [-0.15, -0.1) is 0 Å². The molecule has 0 radical (unpaired) electrons. The second-order valence-corrected chi connectivity index (χ2v) is 2.83. The monoisotopic (exact) mass is 274 g/mol. The van der Waals surface area contributed by atoms with Crippen LogP contribution < -0.4 is 22.5 Å². The summed E-state index contributed by atoms with van der Waals surface area (Å²) in [5, 5.41) is 16.1. The van der Waals surface area contributed by atoms with Gasteiger partial charge in [0.25, 0.3) is 11.8 Å². The molecule has 0 bridgehead atoms. The van der Waals surface area contributed by atoms with E-state index in [1.165, 1.54) is 0 Å². The molecule has 0 aliphatic heterocycles. The number of aliphatic carboxylic acids is 2. The van der Waals surface area contributed by atoms with Crippen LogP contribution in [0.15, 0.2) is 24.3 Å². The van der Waals surface area contributed by atoms with Crippen LogP contribution in [-0.4, -0.2) is 34.0 Å². The molecular formula is C9H14N4O6. The van der Waals surface area contributed by atoms with Crippen molar-refractivity contribution in [1.82, 2.24) is 10.9 Å². The Morgan fingerprint density at radius 2 is 1.37 bits per heavy atom. The number of carboxylic acid groups (broad SMARTS) is 2. The number of rotatable bonds is 5. The zero-order valence-corrected chi connectivity index (χ0v) is 9.75. The zero-order chi connectivity index (χ0) is 15.4. The quantitative estimate of drug-likeness (QED) is 0.139. The van der Waals surface area contributed by atoms with Gasteiger partial charge >= 0.3 is 11.9 Å². The Labute approximate surface area is 107 Å². The Morgan fingerprint density at radius 3 is 1.53 bits per heavy atom. The Hall–Kier alpha value is -2.72. The summed E-state index contributed by atoms with van der Waals surface area (Å²) in [6, 6.07) is 0. The van der Waals surface area contributed by atoms with Crippen molar-refractivity contribution < 1.29 is 29.4 Å². The number of hydrogen-bond acceptors (Lipinski definition) is 6. The van der Waals surface area contributed by atoms with Gasteiger partial charge in [0, 0.05) is 17.7 Å². The maximum atomic E-state index is 10.3. The summed E-state index contributed by atoms with van der Waals surface area (Å²) in [5.41, 5.74) is 3.29. The fourth-order valence-corrected chi connectivity index (χ4v) is 0.506. The lowest BCUT2D eigenvalue weighted by atomic mass is 10.2. The molecule has 0 aliphatic rings. The molecule has 0 spiro atoms. The number of hydrazine groups is 2. The highest BCUT2D eigenvalue weighted by Gasteiger charge is 2.07. The van der Waals surface area contributed by atoms with Crippen molar-refractivity contribution in [3.63, 3.8) is 0 Å². The summed E-state index contributed by atoms with van der Waals surface area (Å²) in [7, 11) is 0. The van der Waals surface area contributed by atoms with Gasteiger partial charge in [-0.25, -0.2) is 16.5 Å². The van der Waals surface area contributed by atoms with Gasteiger partial charge in [0.15, 0.2) is 0 Å². The van der Waals surface area contributed by atoms with E-state index in [9.17, 15) is 19.2 Å². The molecule has 10 heteroatoms. The molecule has 10 nitrogen and oxygen atoms in total. The molecule has 0 fully saturated rings. The van der Waals surface area contributed by atoms with Crippen LogP contribution in [0.5, 0.6) is 0 Å². The molecule has 0 aliphatic carbocycles. The fraction of sp³-hybridized carbons (Fsp3) is 0.111. The average Bonchev–Trinajstić information content (AvgIpc) is 2.35. The Kier molecular flexibility index (Phi) is 10.2. The normalized spacial score (nSPS) is 8.95. The van der Waals surface area contributed by atoms with Crippen LogP contribution in [0.3, 0.4) is 0 Å². The minimum atomic E-state index is -1.27. The van der Waals surface area contributed by atoms with Crippen molar-refractivity contribution in [1.29, 1.82) is 0 Å². The van der Waals surface area contributed by atoms with Crippen molar-refractivity contribution in [3.8, 4) is 0 Å². The molecular weight excluding hydrogens is 260 g/mol. The number of carboxylic acids is 2. The summed E-state index contributed by atoms with van der Waals surface area (Å²) in [6.07, 6.45) is 1.42. The Morgan fingerprint density at radius 1 is 1.00 bits per heavy atom. The summed E-state index contributed by atoms with van der Waals surface area (Å²) in [4.78, 5) is 40.2. The van der Waals surface area contributed by atoms with Crippen LogP contribution in [0.2, 0.25) is 0 Å². The van der Waals surface area contributed by atoms with E-state index in [0.29, 0.717) is 0 Å². The fourth-order valence-electron chi connectivity index (χ4n) is 0.506. The molecule has 0 aromatic heterocycles. The molecule has 8 N–H and O–H groups in total. The third-order valence-electron chi connectivity index (χ3n) is 1.34. The third kappa shape index (κ3) is 13.2.